The van der Waals surface area contributed by atoms with Crippen LogP contribution in [0.3, 0.4) is 0 Å². The van der Waals surface area contributed by atoms with Crippen LogP contribution in [-0.4, -0.2) is 45.3 Å². The zero-order valence-corrected chi connectivity index (χ0v) is 9.29. The molecule has 1 unspecified atom stereocenters. The largest absolute Gasteiger partial charge is 0.368 e. The van der Waals surface area contributed by atoms with E-state index >= 15 is 0 Å². The van der Waals surface area contributed by atoms with Crippen molar-refractivity contribution in [1.82, 2.24) is 0 Å². The molecule has 6 heteroatoms. The van der Waals surface area contributed by atoms with Gasteiger partial charge in [0.1, 0.15) is 12.8 Å². The first-order chi connectivity index (χ1) is 7.05. The predicted molar refractivity (Wildman–Crippen MR) is 51.9 cm³/mol. The number of carbonyl (C=O) groups is 1. The van der Waals surface area contributed by atoms with E-state index in [1.54, 1.807) is 6.92 Å². The molecule has 0 spiro atoms. The Morgan fingerprint density at radius 3 is 2.27 bits per heavy atom. The van der Waals surface area contributed by atoms with E-state index in [-0.39, 0.29) is 6.42 Å². The summed E-state index contributed by atoms with van der Waals surface area (Å²) in [6.45, 7) is 1.15. The molecule has 0 aliphatic carbocycles. The van der Waals surface area contributed by atoms with E-state index in [2.05, 4.69) is 0 Å². The fourth-order valence-corrected chi connectivity index (χ4v) is 1.14. The van der Waals surface area contributed by atoms with Crippen LogP contribution in [0.25, 0.3) is 0 Å². The first-order valence-electron chi connectivity index (χ1n) is 4.62. The lowest BCUT2D eigenvalue weighted by Gasteiger charge is -2.30. The molecule has 0 aromatic rings. The van der Waals surface area contributed by atoms with Gasteiger partial charge >= 0.3 is 0 Å². The molecular formula is C9H18FNO4. The molecule has 0 saturated heterocycles. The topological polar surface area (TPSA) is 70.8 Å². The number of amides is 1. The molecule has 0 radical (unpaired) electrons. The molecule has 0 rings (SSSR count). The highest BCUT2D eigenvalue weighted by atomic mass is 19.1. The molecule has 0 aliphatic rings. The van der Waals surface area contributed by atoms with E-state index in [1.165, 1.54) is 14.2 Å². The average molecular weight is 223 g/mol. The summed E-state index contributed by atoms with van der Waals surface area (Å²) in [6, 6.07) is 0. The minimum Gasteiger partial charge on any atom is -0.368 e. The van der Waals surface area contributed by atoms with Crippen LogP contribution < -0.4 is 5.73 Å². The molecular weight excluding hydrogens is 205 g/mol. The van der Waals surface area contributed by atoms with Crippen LogP contribution in [0.2, 0.25) is 0 Å². The lowest BCUT2D eigenvalue weighted by molar-refractivity contribution is -0.231. The maximum atomic E-state index is 12.7. The standard InChI is InChI=1S/C9H18FNO4/c1-4-15-7(8(11)12)5-9(6-10,13-2)14-3/h7H,4-6H2,1-3H3,(H2,11,12). The maximum absolute atomic E-state index is 12.7. The first-order valence-corrected chi connectivity index (χ1v) is 4.62. The number of ether oxygens (including phenoxy) is 3. The fourth-order valence-electron chi connectivity index (χ4n) is 1.14. The lowest BCUT2D eigenvalue weighted by Crippen LogP contribution is -2.44. The molecule has 0 aromatic heterocycles. The van der Waals surface area contributed by atoms with Crippen molar-refractivity contribution in [3.8, 4) is 0 Å². The second-order valence-electron chi connectivity index (χ2n) is 3.00. The third kappa shape index (κ3) is 4.11. The van der Waals surface area contributed by atoms with Crippen molar-refractivity contribution in [2.45, 2.75) is 25.2 Å². The van der Waals surface area contributed by atoms with Crippen LogP contribution in [-0.2, 0) is 19.0 Å². The van der Waals surface area contributed by atoms with E-state index < -0.39 is 24.5 Å². The Morgan fingerprint density at radius 1 is 1.47 bits per heavy atom. The Hall–Kier alpha value is -0.720. The zero-order valence-electron chi connectivity index (χ0n) is 9.29. The molecule has 1 atom stereocenters. The first kappa shape index (κ1) is 14.3. The normalized spacial score (nSPS) is 13.9. The molecule has 0 aromatic carbocycles. The van der Waals surface area contributed by atoms with E-state index in [4.69, 9.17) is 19.9 Å². The van der Waals surface area contributed by atoms with Crippen LogP contribution in [0.1, 0.15) is 13.3 Å². The molecule has 0 bridgehead atoms. The van der Waals surface area contributed by atoms with Gasteiger partial charge in [-0.15, -0.1) is 0 Å². The Kier molecular flexibility index (Phi) is 6.38. The average Bonchev–Trinajstić information content (AvgIpc) is 2.24. The summed E-state index contributed by atoms with van der Waals surface area (Å²) in [5.41, 5.74) is 5.10. The number of hydrogen-bond donors (Lipinski definition) is 1. The second kappa shape index (κ2) is 6.71. The van der Waals surface area contributed by atoms with Crippen molar-refractivity contribution in [3.63, 3.8) is 0 Å². The van der Waals surface area contributed by atoms with Gasteiger partial charge in [0.15, 0.2) is 5.79 Å². The van der Waals surface area contributed by atoms with Crippen LogP contribution in [0.5, 0.6) is 0 Å². The van der Waals surface area contributed by atoms with E-state index in [9.17, 15) is 9.18 Å². The van der Waals surface area contributed by atoms with Crippen LogP contribution >= 0.6 is 0 Å². The van der Waals surface area contributed by atoms with Crippen molar-refractivity contribution < 1.29 is 23.4 Å². The molecule has 2 N–H and O–H groups in total. The Balaban J connectivity index is 4.52. The highest BCUT2D eigenvalue weighted by Crippen LogP contribution is 2.20. The van der Waals surface area contributed by atoms with Crippen molar-refractivity contribution in [2.75, 3.05) is 27.5 Å². The van der Waals surface area contributed by atoms with Gasteiger partial charge in [0.05, 0.1) is 0 Å². The number of carbonyl (C=O) groups excluding carboxylic acids is 1. The van der Waals surface area contributed by atoms with Gasteiger partial charge in [-0.1, -0.05) is 0 Å². The minimum atomic E-state index is -1.46. The summed E-state index contributed by atoms with van der Waals surface area (Å²) < 4.78 is 27.5. The summed E-state index contributed by atoms with van der Waals surface area (Å²) in [6.07, 6.45) is -0.981. The number of hydrogen-bond acceptors (Lipinski definition) is 4. The number of primary amides is 1. The lowest BCUT2D eigenvalue weighted by atomic mass is 10.1. The SMILES string of the molecule is CCOC(CC(CF)(OC)OC)C(N)=O. The second-order valence-corrected chi connectivity index (χ2v) is 3.00. The quantitative estimate of drug-likeness (QED) is 0.598. The summed E-state index contributed by atoms with van der Waals surface area (Å²) in [4.78, 5) is 11.0. The molecule has 0 heterocycles. The number of methoxy groups -OCH3 is 2. The van der Waals surface area contributed by atoms with E-state index in [1.807, 2.05) is 0 Å². The van der Waals surface area contributed by atoms with Gasteiger partial charge in [0.2, 0.25) is 5.91 Å². The van der Waals surface area contributed by atoms with Gasteiger partial charge in [-0.05, 0) is 6.92 Å². The number of alkyl halides is 1. The number of rotatable bonds is 8. The van der Waals surface area contributed by atoms with Crippen LogP contribution in [0, 0.1) is 0 Å². The molecule has 0 aliphatic heterocycles. The zero-order chi connectivity index (χ0) is 11.9. The van der Waals surface area contributed by atoms with Gasteiger partial charge < -0.3 is 19.9 Å². The van der Waals surface area contributed by atoms with Crippen LogP contribution in [0.15, 0.2) is 0 Å². The van der Waals surface area contributed by atoms with Gasteiger partial charge in [-0.25, -0.2) is 4.39 Å². The highest BCUT2D eigenvalue weighted by molar-refractivity contribution is 5.78. The number of nitrogens with two attached hydrogens (primary N) is 1. The Morgan fingerprint density at radius 2 is 2.00 bits per heavy atom. The smallest absolute Gasteiger partial charge is 0.246 e. The highest BCUT2D eigenvalue weighted by Gasteiger charge is 2.35. The van der Waals surface area contributed by atoms with E-state index in [0.29, 0.717) is 6.61 Å². The summed E-state index contributed by atoms with van der Waals surface area (Å²) >= 11 is 0. The van der Waals surface area contributed by atoms with Crippen molar-refractivity contribution in [3.05, 3.63) is 0 Å². The molecule has 1 amide bonds. The Bertz CT molecular complexity index is 188. The Labute approximate surface area is 88.7 Å². The van der Waals surface area contributed by atoms with Gasteiger partial charge in [-0.3, -0.25) is 4.79 Å². The molecule has 15 heavy (non-hydrogen) atoms. The van der Waals surface area contributed by atoms with Crippen molar-refractivity contribution in [2.24, 2.45) is 5.73 Å². The van der Waals surface area contributed by atoms with Crippen LogP contribution in [0.4, 0.5) is 4.39 Å². The molecule has 5 nitrogen and oxygen atoms in total. The summed E-state index contributed by atoms with van der Waals surface area (Å²) in [5, 5.41) is 0. The number of halogens is 1. The summed E-state index contributed by atoms with van der Waals surface area (Å²) in [5.74, 6) is -2.13. The monoisotopic (exact) mass is 223 g/mol. The predicted octanol–water partition coefficient (Wildman–Crippen LogP) is 0.225. The molecule has 90 valence electrons. The molecule has 0 saturated carbocycles. The van der Waals surface area contributed by atoms with Gasteiger partial charge in [0.25, 0.3) is 0 Å². The third-order valence-electron chi connectivity index (χ3n) is 2.13. The minimum absolute atomic E-state index is 0.0698. The van der Waals surface area contributed by atoms with Crippen molar-refractivity contribution in [1.29, 1.82) is 0 Å². The van der Waals surface area contributed by atoms with Gasteiger partial charge in [0, 0.05) is 27.2 Å². The third-order valence-corrected chi connectivity index (χ3v) is 2.13. The fraction of sp³-hybridized carbons (Fsp3) is 0.889. The van der Waals surface area contributed by atoms with E-state index in [0.717, 1.165) is 0 Å². The summed E-state index contributed by atoms with van der Waals surface area (Å²) in [7, 11) is 2.60. The maximum Gasteiger partial charge on any atom is 0.246 e. The van der Waals surface area contributed by atoms with Crippen molar-refractivity contribution >= 4 is 5.91 Å². The molecule has 0 fully saturated rings. The van der Waals surface area contributed by atoms with Gasteiger partial charge in [-0.2, -0.15) is 0 Å².